The van der Waals surface area contributed by atoms with Gasteiger partial charge in [-0.15, -0.1) is 0 Å². The van der Waals surface area contributed by atoms with E-state index in [0.29, 0.717) is 17.2 Å². The average Bonchev–Trinajstić information content (AvgIpc) is 3.23. The highest BCUT2D eigenvalue weighted by molar-refractivity contribution is 5.93. The van der Waals surface area contributed by atoms with E-state index in [2.05, 4.69) is 10.6 Å². The van der Waals surface area contributed by atoms with Crippen LogP contribution in [0.2, 0.25) is 0 Å². The topological polar surface area (TPSA) is 112 Å². The van der Waals surface area contributed by atoms with E-state index in [9.17, 15) is 14.4 Å². The number of carbonyl (C=O) groups excluding carboxylic acids is 3. The van der Waals surface area contributed by atoms with Crippen LogP contribution >= 0.6 is 0 Å². The highest BCUT2D eigenvalue weighted by Crippen LogP contribution is 2.34. The Morgan fingerprint density at radius 3 is 2.48 bits per heavy atom. The predicted octanol–water partition coefficient (Wildman–Crippen LogP) is 2.85. The molecule has 1 heterocycles. The fourth-order valence-corrected chi connectivity index (χ4v) is 2.79. The van der Waals surface area contributed by atoms with E-state index < -0.39 is 30.6 Å². The third-order valence-corrected chi connectivity index (χ3v) is 4.41. The van der Waals surface area contributed by atoms with Gasteiger partial charge in [-0.1, -0.05) is 44.2 Å². The van der Waals surface area contributed by atoms with Crippen molar-refractivity contribution in [1.29, 1.82) is 0 Å². The van der Waals surface area contributed by atoms with Crippen LogP contribution in [0, 0.1) is 5.92 Å². The summed E-state index contributed by atoms with van der Waals surface area (Å²) in [4.78, 5) is 36.6. The van der Waals surface area contributed by atoms with Gasteiger partial charge in [0.15, 0.2) is 18.1 Å². The molecule has 0 bridgehead atoms. The molecule has 1 atom stereocenters. The molecule has 0 radical (unpaired) electrons. The third kappa shape index (κ3) is 6.36. The number of anilines is 1. The second-order valence-corrected chi connectivity index (χ2v) is 7.15. The molecule has 0 fully saturated rings. The lowest BCUT2D eigenvalue weighted by atomic mass is 10.1. The summed E-state index contributed by atoms with van der Waals surface area (Å²) in [5, 5.41) is 5.10. The molecule has 0 unspecified atom stereocenters. The zero-order valence-corrected chi connectivity index (χ0v) is 17.3. The number of carbonyl (C=O) groups is 3. The normalized spacial score (nSPS) is 12.7. The number of esters is 1. The van der Waals surface area contributed by atoms with Crippen molar-refractivity contribution in [3.05, 3.63) is 54.1 Å². The van der Waals surface area contributed by atoms with Crippen molar-refractivity contribution >= 4 is 23.7 Å². The van der Waals surface area contributed by atoms with Gasteiger partial charge in [0.1, 0.15) is 12.6 Å². The number of hydrogen-bond donors (Lipinski definition) is 2. The van der Waals surface area contributed by atoms with E-state index in [4.69, 9.17) is 18.9 Å². The molecule has 2 aromatic carbocycles. The van der Waals surface area contributed by atoms with Gasteiger partial charge in [-0.05, 0) is 23.6 Å². The smallest absolute Gasteiger partial charge is 0.408 e. The molecule has 0 saturated heterocycles. The van der Waals surface area contributed by atoms with Gasteiger partial charge in [0.05, 0.1) is 0 Å². The maximum absolute atomic E-state index is 12.4. The fourth-order valence-electron chi connectivity index (χ4n) is 2.79. The lowest BCUT2D eigenvalue weighted by Gasteiger charge is -2.20. The standard InChI is InChI=1S/C22H24N2O7/c1-14(2)20(24-22(27)29-11-15-6-4-3-5-7-15)21(26)28-12-19(25)23-16-8-9-17-18(10-16)31-13-30-17/h3-10,14,20H,11-13H2,1-2H3,(H,23,25)(H,24,27)/t20-/m0/s1. The van der Waals surface area contributed by atoms with Gasteiger partial charge in [-0.25, -0.2) is 9.59 Å². The first kappa shape index (κ1) is 21.9. The van der Waals surface area contributed by atoms with Gasteiger partial charge in [0.25, 0.3) is 5.91 Å². The average molecular weight is 428 g/mol. The number of amides is 2. The van der Waals surface area contributed by atoms with Crippen LogP contribution < -0.4 is 20.1 Å². The molecular weight excluding hydrogens is 404 g/mol. The Labute approximate surface area is 179 Å². The van der Waals surface area contributed by atoms with Crippen molar-refractivity contribution in [3.8, 4) is 11.5 Å². The van der Waals surface area contributed by atoms with E-state index >= 15 is 0 Å². The maximum atomic E-state index is 12.4. The molecule has 9 nitrogen and oxygen atoms in total. The maximum Gasteiger partial charge on any atom is 0.408 e. The molecule has 0 spiro atoms. The van der Waals surface area contributed by atoms with Crippen molar-refractivity contribution in [2.45, 2.75) is 26.5 Å². The molecule has 0 saturated carbocycles. The third-order valence-electron chi connectivity index (χ3n) is 4.41. The Morgan fingerprint density at radius 1 is 1.00 bits per heavy atom. The molecule has 0 aromatic heterocycles. The summed E-state index contributed by atoms with van der Waals surface area (Å²) in [5.74, 6) is -0.412. The van der Waals surface area contributed by atoms with Crippen LogP contribution in [0.15, 0.2) is 48.5 Å². The molecule has 164 valence electrons. The second kappa shape index (κ2) is 10.3. The first-order valence-electron chi connectivity index (χ1n) is 9.75. The first-order valence-corrected chi connectivity index (χ1v) is 9.75. The van der Waals surface area contributed by atoms with E-state index in [1.165, 1.54) is 0 Å². The summed E-state index contributed by atoms with van der Waals surface area (Å²) in [6.45, 7) is 3.19. The van der Waals surface area contributed by atoms with Gasteiger partial charge < -0.3 is 29.6 Å². The van der Waals surface area contributed by atoms with E-state index in [1.54, 1.807) is 32.0 Å². The second-order valence-electron chi connectivity index (χ2n) is 7.15. The van der Waals surface area contributed by atoms with Crippen LogP contribution in [0.4, 0.5) is 10.5 Å². The van der Waals surface area contributed by atoms with Gasteiger partial charge in [0.2, 0.25) is 6.79 Å². The first-order chi connectivity index (χ1) is 14.9. The number of nitrogens with one attached hydrogen (secondary N) is 2. The minimum atomic E-state index is -0.957. The summed E-state index contributed by atoms with van der Waals surface area (Å²) in [7, 11) is 0. The summed E-state index contributed by atoms with van der Waals surface area (Å²) < 4.78 is 20.7. The zero-order valence-electron chi connectivity index (χ0n) is 17.3. The Morgan fingerprint density at radius 2 is 1.74 bits per heavy atom. The van der Waals surface area contributed by atoms with Crippen LogP contribution in [0.3, 0.4) is 0 Å². The molecule has 0 aliphatic carbocycles. The van der Waals surface area contributed by atoms with Crippen LogP contribution in [-0.2, 0) is 25.7 Å². The van der Waals surface area contributed by atoms with Crippen LogP contribution in [0.1, 0.15) is 19.4 Å². The van der Waals surface area contributed by atoms with E-state index in [-0.39, 0.29) is 19.3 Å². The van der Waals surface area contributed by atoms with Crippen molar-refractivity contribution in [2.75, 3.05) is 18.7 Å². The Bertz CT molecular complexity index is 931. The molecule has 31 heavy (non-hydrogen) atoms. The van der Waals surface area contributed by atoms with Gasteiger partial charge in [-0.3, -0.25) is 4.79 Å². The van der Waals surface area contributed by atoms with Crippen molar-refractivity contribution in [3.63, 3.8) is 0 Å². The van der Waals surface area contributed by atoms with Crippen molar-refractivity contribution < 1.29 is 33.3 Å². The summed E-state index contributed by atoms with van der Waals surface area (Å²) >= 11 is 0. The summed E-state index contributed by atoms with van der Waals surface area (Å²) in [5.41, 5.74) is 1.30. The largest absolute Gasteiger partial charge is 0.454 e. The van der Waals surface area contributed by atoms with Gasteiger partial charge in [-0.2, -0.15) is 0 Å². The van der Waals surface area contributed by atoms with Crippen LogP contribution in [-0.4, -0.2) is 37.4 Å². The molecule has 2 aromatic rings. The number of rotatable bonds is 8. The SMILES string of the molecule is CC(C)[C@H](NC(=O)OCc1ccccc1)C(=O)OCC(=O)Nc1ccc2c(c1)OCO2. The Balaban J connectivity index is 1.46. The quantitative estimate of drug-likeness (QED) is 0.622. The Hall–Kier alpha value is -3.75. The zero-order chi connectivity index (χ0) is 22.2. The molecule has 9 heteroatoms. The number of fused-ring (bicyclic) bond motifs is 1. The van der Waals surface area contributed by atoms with Crippen LogP contribution in [0.25, 0.3) is 0 Å². The molecule has 1 aliphatic heterocycles. The monoisotopic (exact) mass is 428 g/mol. The molecule has 2 amide bonds. The Kier molecular flexibility index (Phi) is 7.31. The predicted molar refractivity (Wildman–Crippen MR) is 111 cm³/mol. The highest BCUT2D eigenvalue weighted by Gasteiger charge is 2.27. The van der Waals surface area contributed by atoms with Crippen molar-refractivity contribution in [2.24, 2.45) is 5.92 Å². The van der Waals surface area contributed by atoms with Crippen LogP contribution in [0.5, 0.6) is 11.5 Å². The minimum absolute atomic E-state index is 0.0739. The lowest BCUT2D eigenvalue weighted by Crippen LogP contribution is -2.46. The summed E-state index contributed by atoms with van der Waals surface area (Å²) in [6, 6.07) is 13.1. The van der Waals surface area contributed by atoms with E-state index in [0.717, 1.165) is 5.56 Å². The molecule has 3 rings (SSSR count). The van der Waals surface area contributed by atoms with E-state index in [1.807, 2.05) is 30.3 Å². The molecule has 2 N–H and O–H groups in total. The van der Waals surface area contributed by atoms with Gasteiger partial charge in [0, 0.05) is 11.8 Å². The minimum Gasteiger partial charge on any atom is -0.454 e. The number of ether oxygens (including phenoxy) is 4. The number of alkyl carbamates (subject to hydrolysis) is 1. The fraction of sp³-hybridized carbons (Fsp3) is 0.318. The molecule has 1 aliphatic rings. The number of hydrogen-bond acceptors (Lipinski definition) is 7. The summed E-state index contributed by atoms with van der Waals surface area (Å²) in [6.07, 6.45) is -0.746. The van der Waals surface area contributed by atoms with Gasteiger partial charge >= 0.3 is 12.1 Å². The number of benzene rings is 2. The highest BCUT2D eigenvalue weighted by atomic mass is 16.7. The molecular formula is C22H24N2O7. The van der Waals surface area contributed by atoms with Crippen molar-refractivity contribution in [1.82, 2.24) is 5.32 Å². The lowest BCUT2D eigenvalue weighted by molar-refractivity contribution is -0.150.